The molecular weight excluding hydrogens is 212 g/mol. The van der Waals surface area contributed by atoms with Gasteiger partial charge in [0.2, 0.25) is 0 Å². The lowest BCUT2D eigenvalue weighted by molar-refractivity contribution is 0.0618. The van der Waals surface area contributed by atoms with Gasteiger partial charge in [-0.15, -0.1) is 0 Å². The van der Waals surface area contributed by atoms with Crippen molar-refractivity contribution in [2.75, 3.05) is 13.2 Å². The van der Waals surface area contributed by atoms with Crippen molar-refractivity contribution >= 4 is 0 Å². The molecule has 1 heterocycles. The minimum Gasteiger partial charge on any atom is -0.393 e. The zero-order valence-electron chi connectivity index (χ0n) is 11.8. The second-order valence-corrected chi connectivity index (χ2v) is 5.99. The van der Waals surface area contributed by atoms with E-state index >= 15 is 0 Å². The zero-order chi connectivity index (χ0) is 12.7. The first-order valence-electron chi connectivity index (χ1n) is 7.37. The van der Waals surface area contributed by atoms with E-state index in [1.165, 1.54) is 38.5 Å². The normalized spacial score (nSPS) is 21.7. The van der Waals surface area contributed by atoms with Gasteiger partial charge in [-0.05, 0) is 43.9 Å². The minimum atomic E-state index is -0.155. The Labute approximate surface area is 107 Å². The number of hydrogen-bond donors (Lipinski definition) is 1. The average molecular weight is 242 g/mol. The van der Waals surface area contributed by atoms with Gasteiger partial charge < -0.3 is 9.84 Å². The SMILES string of the molecule is CC(C)C(CCCCC1CCOCC1)C(C)O. The smallest absolute Gasteiger partial charge is 0.0542 e. The van der Waals surface area contributed by atoms with Crippen molar-refractivity contribution in [2.24, 2.45) is 17.8 Å². The Morgan fingerprint density at radius 3 is 2.29 bits per heavy atom. The monoisotopic (exact) mass is 242 g/mol. The van der Waals surface area contributed by atoms with E-state index in [1.807, 2.05) is 6.92 Å². The molecule has 1 aliphatic heterocycles. The van der Waals surface area contributed by atoms with E-state index in [-0.39, 0.29) is 6.10 Å². The van der Waals surface area contributed by atoms with Gasteiger partial charge in [0.15, 0.2) is 0 Å². The number of hydrogen-bond acceptors (Lipinski definition) is 2. The van der Waals surface area contributed by atoms with Crippen LogP contribution in [0.3, 0.4) is 0 Å². The fourth-order valence-electron chi connectivity index (χ4n) is 2.98. The van der Waals surface area contributed by atoms with Crippen LogP contribution in [0, 0.1) is 17.8 Å². The molecule has 2 nitrogen and oxygen atoms in total. The molecule has 1 N–H and O–H groups in total. The molecule has 0 aliphatic carbocycles. The van der Waals surface area contributed by atoms with Crippen molar-refractivity contribution in [1.82, 2.24) is 0 Å². The lowest BCUT2D eigenvalue weighted by atomic mass is 9.85. The molecule has 0 aromatic carbocycles. The van der Waals surface area contributed by atoms with Gasteiger partial charge in [-0.3, -0.25) is 0 Å². The van der Waals surface area contributed by atoms with Crippen LogP contribution in [0.5, 0.6) is 0 Å². The Hall–Kier alpha value is -0.0800. The third-order valence-electron chi connectivity index (χ3n) is 4.22. The summed E-state index contributed by atoms with van der Waals surface area (Å²) in [6.45, 7) is 8.30. The fraction of sp³-hybridized carbons (Fsp3) is 1.00. The molecule has 0 aromatic heterocycles. The Bertz CT molecular complexity index is 175. The highest BCUT2D eigenvalue weighted by atomic mass is 16.5. The summed E-state index contributed by atoms with van der Waals surface area (Å²) in [6.07, 6.45) is 7.48. The molecule has 1 rings (SSSR count). The maximum atomic E-state index is 9.71. The molecule has 2 unspecified atom stereocenters. The molecule has 1 saturated heterocycles. The maximum Gasteiger partial charge on any atom is 0.0542 e. The van der Waals surface area contributed by atoms with Crippen LogP contribution < -0.4 is 0 Å². The van der Waals surface area contributed by atoms with Crippen molar-refractivity contribution in [3.8, 4) is 0 Å². The van der Waals surface area contributed by atoms with Gasteiger partial charge in [0.05, 0.1) is 6.10 Å². The average Bonchev–Trinajstić information content (AvgIpc) is 2.29. The first-order chi connectivity index (χ1) is 8.11. The molecule has 0 radical (unpaired) electrons. The van der Waals surface area contributed by atoms with Gasteiger partial charge in [-0.2, -0.15) is 0 Å². The van der Waals surface area contributed by atoms with E-state index in [2.05, 4.69) is 13.8 Å². The van der Waals surface area contributed by atoms with Crippen LogP contribution in [0.2, 0.25) is 0 Å². The quantitative estimate of drug-likeness (QED) is 0.691. The number of rotatable bonds is 7. The molecule has 0 saturated carbocycles. The Morgan fingerprint density at radius 1 is 1.12 bits per heavy atom. The van der Waals surface area contributed by atoms with E-state index in [9.17, 15) is 5.11 Å². The predicted molar refractivity (Wildman–Crippen MR) is 72.0 cm³/mol. The van der Waals surface area contributed by atoms with E-state index in [0.29, 0.717) is 11.8 Å². The molecule has 17 heavy (non-hydrogen) atoms. The van der Waals surface area contributed by atoms with E-state index in [1.54, 1.807) is 0 Å². The highest BCUT2D eigenvalue weighted by molar-refractivity contribution is 4.69. The highest BCUT2D eigenvalue weighted by Gasteiger charge is 2.19. The van der Waals surface area contributed by atoms with Crippen LogP contribution in [-0.4, -0.2) is 24.4 Å². The number of aliphatic hydroxyl groups is 1. The van der Waals surface area contributed by atoms with Crippen molar-refractivity contribution < 1.29 is 9.84 Å². The Balaban J connectivity index is 2.09. The molecule has 2 atom stereocenters. The maximum absolute atomic E-state index is 9.71. The van der Waals surface area contributed by atoms with Gasteiger partial charge in [-0.25, -0.2) is 0 Å². The number of aliphatic hydroxyl groups excluding tert-OH is 1. The van der Waals surface area contributed by atoms with Gasteiger partial charge in [0.25, 0.3) is 0 Å². The topological polar surface area (TPSA) is 29.5 Å². The third kappa shape index (κ3) is 5.87. The summed E-state index contributed by atoms with van der Waals surface area (Å²) in [4.78, 5) is 0. The van der Waals surface area contributed by atoms with Gasteiger partial charge in [0, 0.05) is 13.2 Å². The fourth-order valence-corrected chi connectivity index (χ4v) is 2.98. The predicted octanol–water partition coefficient (Wildman–Crippen LogP) is 3.63. The number of ether oxygens (including phenoxy) is 1. The Kier molecular flexibility index (Phi) is 7.14. The van der Waals surface area contributed by atoms with E-state index in [4.69, 9.17) is 4.74 Å². The van der Waals surface area contributed by atoms with Crippen molar-refractivity contribution in [1.29, 1.82) is 0 Å². The summed E-state index contributed by atoms with van der Waals surface area (Å²) < 4.78 is 5.37. The second kappa shape index (κ2) is 8.10. The standard InChI is InChI=1S/C15H30O2/c1-12(2)15(13(3)16)7-5-4-6-14-8-10-17-11-9-14/h12-16H,4-11H2,1-3H3. The van der Waals surface area contributed by atoms with E-state index in [0.717, 1.165) is 19.1 Å². The summed E-state index contributed by atoms with van der Waals surface area (Å²) in [5.41, 5.74) is 0. The molecule has 0 bridgehead atoms. The third-order valence-corrected chi connectivity index (χ3v) is 4.22. The minimum absolute atomic E-state index is 0.155. The van der Waals surface area contributed by atoms with Crippen molar-refractivity contribution in [3.05, 3.63) is 0 Å². The first kappa shape index (κ1) is 15.0. The van der Waals surface area contributed by atoms with Gasteiger partial charge >= 0.3 is 0 Å². The van der Waals surface area contributed by atoms with Gasteiger partial charge in [-0.1, -0.05) is 33.1 Å². The molecule has 0 spiro atoms. The molecule has 1 fully saturated rings. The van der Waals surface area contributed by atoms with Gasteiger partial charge in [0.1, 0.15) is 0 Å². The van der Waals surface area contributed by atoms with Crippen molar-refractivity contribution in [2.45, 2.75) is 65.4 Å². The number of unbranched alkanes of at least 4 members (excludes halogenated alkanes) is 1. The summed E-state index contributed by atoms with van der Waals surface area (Å²) >= 11 is 0. The van der Waals surface area contributed by atoms with Crippen LogP contribution in [0.15, 0.2) is 0 Å². The van der Waals surface area contributed by atoms with Crippen molar-refractivity contribution in [3.63, 3.8) is 0 Å². The summed E-state index contributed by atoms with van der Waals surface area (Å²) in [5.74, 6) is 1.97. The van der Waals surface area contributed by atoms with Crippen LogP contribution in [-0.2, 0) is 4.74 Å². The van der Waals surface area contributed by atoms with Crippen LogP contribution in [0.1, 0.15) is 59.3 Å². The van der Waals surface area contributed by atoms with Crippen LogP contribution in [0.4, 0.5) is 0 Å². The summed E-state index contributed by atoms with van der Waals surface area (Å²) in [7, 11) is 0. The molecule has 0 aromatic rings. The van der Waals surface area contributed by atoms with Crippen LogP contribution in [0.25, 0.3) is 0 Å². The highest BCUT2D eigenvalue weighted by Crippen LogP contribution is 2.25. The molecule has 2 heteroatoms. The largest absolute Gasteiger partial charge is 0.393 e. The lowest BCUT2D eigenvalue weighted by Gasteiger charge is -2.25. The van der Waals surface area contributed by atoms with E-state index < -0.39 is 0 Å². The second-order valence-electron chi connectivity index (χ2n) is 5.99. The summed E-state index contributed by atoms with van der Waals surface area (Å²) in [6, 6.07) is 0. The first-order valence-corrected chi connectivity index (χ1v) is 7.37. The molecular formula is C15H30O2. The van der Waals surface area contributed by atoms with Crippen LogP contribution >= 0.6 is 0 Å². The zero-order valence-corrected chi connectivity index (χ0v) is 11.8. The molecule has 102 valence electrons. The lowest BCUT2D eigenvalue weighted by Crippen LogP contribution is -2.22. The molecule has 1 aliphatic rings. The molecule has 0 amide bonds. The summed E-state index contributed by atoms with van der Waals surface area (Å²) in [5, 5.41) is 9.71. The Morgan fingerprint density at radius 2 is 1.76 bits per heavy atom.